The van der Waals surface area contributed by atoms with Gasteiger partial charge in [0.2, 0.25) is 0 Å². The van der Waals surface area contributed by atoms with Crippen LogP contribution in [-0.2, 0) is 0 Å². The number of rotatable bonds is 8. The number of amides is 1. The summed E-state index contributed by atoms with van der Waals surface area (Å²) in [5, 5.41) is 4.87. The molecule has 0 aliphatic carbocycles. The van der Waals surface area contributed by atoms with Crippen LogP contribution in [0.15, 0.2) is 54.9 Å². The molecule has 166 valence electrons. The first kappa shape index (κ1) is 21.2. The molecule has 0 spiro atoms. The minimum absolute atomic E-state index is 0.0680. The molecule has 0 bridgehead atoms. The van der Waals surface area contributed by atoms with Crippen LogP contribution >= 0.6 is 0 Å². The maximum absolute atomic E-state index is 12.7. The van der Waals surface area contributed by atoms with Crippen molar-refractivity contribution in [3.05, 3.63) is 60.4 Å². The van der Waals surface area contributed by atoms with Crippen LogP contribution in [0.3, 0.4) is 0 Å². The van der Waals surface area contributed by atoms with Gasteiger partial charge in [0.1, 0.15) is 0 Å². The predicted octanol–water partition coefficient (Wildman–Crippen LogP) is 5.97. The van der Waals surface area contributed by atoms with Crippen LogP contribution in [-0.4, -0.2) is 32.4 Å². The summed E-state index contributed by atoms with van der Waals surface area (Å²) in [7, 11) is 0. The number of aromatic nitrogens is 4. The van der Waals surface area contributed by atoms with Gasteiger partial charge >= 0.3 is 0 Å². The average molecular weight is 438 g/mol. The smallest absolute Gasteiger partial charge is 0.251 e. The fraction of sp³-hybridized carbons (Fsp3) is 0.296. The van der Waals surface area contributed by atoms with Crippen molar-refractivity contribution >= 4 is 49.8 Å². The highest BCUT2D eigenvalue weighted by Crippen LogP contribution is 2.31. The van der Waals surface area contributed by atoms with Gasteiger partial charge in [-0.15, -0.1) is 0 Å². The van der Waals surface area contributed by atoms with Crippen LogP contribution < -0.4 is 5.32 Å². The highest BCUT2D eigenvalue weighted by molar-refractivity contribution is 6.21. The molecule has 3 heterocycles. The van der Waals surface area contributed by atoms with Crippen LogP contribution in [0.2, 0.25) is 0 Å². The number of benzene rings is 2. The molecule has 0 saturated heterocycles. The molecule has 0 aliphatic rings. The number of nitrogens with zero attached hydrogens (tertiary/aromatic N) is 4. The Morgan fingerprint density at radius 3 is 2.09 bits per heavy atom. The Kier molecular flexibility index (Phi) is 6.07. The predicted molar refractivity (Wildman–Crippen MR) is 133 cm³/mol. The molecule has 6 heteroatoms. The second kappa shape index (κ2) is 9.45. The van der Waals surface area contributed by atoms with E-state index in [-0.39, 0.29) is 5.91 Å². The summed E-state index contributed by atoms with van der Waals surface area (Å²) < 4.78 is 0. The SMILES string of the molecule is CCCCCCCCNC(=O)c1ccc2nc3c4cccnc4c4ncccc4c3nc2c1. The van der Waals surface area contributed by atoms with Crippen molar-refractivity contribution in [3.8, 4) is 0 Å². The van der Waals surface area contributed by atoms with Crippen molar-refractivity contribution in [2.45, 2.75) is 45.4 Å². The van der Waals surface area contributed by atoms with Gasteiger partial charge in [-0.3, -0.25) is 14.8 Å². The number of hydrogen-bond donors (Lipinski definition) is 1. The Morgan fingerprint density at radius 2 is 1.39 bits per heavy atom. The molecule has 1 N–H and O–H groups in total. The summed E-state index contributed by atoms with van der Waals surface area (Å²) in [6.07, 6.45) is 10.7. The third-order valence-corrected chi connectivity index (χ3v) is 6.09. The van der Waals surface area contributed by atoms with Gasteiger partial charge < -0.3 is 5.32 Å². The Bertz CT molecular complexity index is 1460. The topological polar surface area (TPSA) is 80.7 Å². The van der Waals surface area contributed by atoms with E-state index in [1.54, 1.807) is 12.4 Å². The second-order valence-electron chi connectivity index (χ2n) is 8.45. The summed E-state index contributed by atoms with van der Waals surface area (Å²) in [4.78, 5) is 31.6. The van der Waals surface area contributed by atoms with Gasteiger partial charge in [0.05, 0.1) is 33.1 Å². The van der Waals surface area contributed by atoms with Crippen LogP contribution in [0, 0.1) is 0 Å². The number of fused-ring (bicyclic) bond motifs is 7. The standard InChI is InChI=1S/C27H27N5O/c1-2-3-4-5-6-7-14-30-27(33)18-12-13-21-22(17-18)32-26-20-11-9-16-29-24(20)23-19(25(26)31-21)10-8-15-28-23/h8-13,15-17H,2-7,14H2,1H3,(H,30,33). The van der Waals surface area contributed by atoms with Gasteiger partial charge in [0.25, 0.3) is 5.91 Å². The van der Waals surface area contributed by atoms with E-state index in [0.29, 0.717) is 17.6 Å². The van der Waals surface area contributed by atoms with Gasteiger partial charge in [0.15, 0.2) is 0 Å². The number of unbranched alkanes of at least 4 members (excludes halogenated alkanes) is 5. The van der Waals surface area contributed by atoms with E-state index in [4.69, 9.17) is 9.97 Å². The Hall–Kier alpha value is -3.67. The van der Waals surface area contributed by atoms with Gasteiger partial charge in [-0.1, -0.05) is 39.0 Å². The normalized spacial score (nSPS) is 11.5. The maximum Gasteiger partial charge on any atom is 0.251 e. The Morgan fingerprint density at radius 1 is 0.758 bits per heavy atom. The third-order valence-electron chi connectivity index (χ3n) is 6.09. The molecule has 0 atom stereocenters. The van der Waals surface area contributed by atoms with Gasteiger partial charge in [0, 0.05) is 35.3 Å². The first-order valence-corrected chi connectivity index (χ1v) is 11.8. The molecule has 5 rings (SSSR count). The summed E-state index contributed by atoms with van der Waals surface area (Å²) >= 11 is 0. The van der Waals surface area contributed by atoms with Crippen molar-refractivity contribution in [2.24, 2.45) is 0 Å². The fourth-order valence-electron chi connectivity index (χ4n) is 4.35. The molecule has 2 aromatic carbocycles. The molecule has 3 aromatic heterocycles. The zero-order chi connectivity index (χ0) is 22.6. The van der Waals surface area contributed by atoms with E-state index in [1.165, 1.54) is 25.7 Å². The van der Waals surface area contributed by atoms with Crippen LogP contribution in [0.5, 0.6) is 0 Å². The van der Waals surface area contributed by atoms with Gasteiger partial charge in [-0.25, -0.2) is 9.97 Å². The lowest BCUT2D eigenvalue weighted by molar-refractivity contribution is 0.0953. The van der Waals surface area contributed by atoms with Crippen LogP contribution in [0.1, 0.15) is 55.8 Å². The molecule has 0 aliphatic heterocycles. The number of pyridine rings is 2. The zero-order valence-electron chi connectivity index (χ0n) is 18.8. The van der Waals surface area contributed by atoms with E-state index in [0.717, 1.165) is 51.2 Å². The van der Waals surface area contributed by atoms with Crippen LogP contribution in [0.25, 0.3) is 43.9 Å². The van der Waals surface area contributed by atoms with E-state index in [1.807, 2.05) is 42.5 Å². The monoisotopic (exact) mass is 437 g/mol. The summed E-state index contributed by atoms with van der Waals surface area (Å²) in [5.41, 5.74) is 5.25. The lowest BCUT2D eigenvalue weighted by Crippen LogP contribution is -2.24. The summed E-state index contributed by atoms with van der Waals surface area (Å²) in [6, 6.07) is 13.3. The molecule has 5 aromatic rings. The maximum atomic E-state index is 12.7. The van der Waals surface area contributed by atoms with E-state index in [2.05, 4.69) is 22.2 Å². The van der Waals surface area contributed by atoms with Crippen LogP contribution in [0.4, 0.5) is 0 Å². The Labute approximate surface area is 192 Å². The van der Waals surface area contributed by atoms with E-state index < -0.39 is 0 Å². The van der Waals surface area contributed by atoms with Gasteiger partial charge in [-0.05, 0) is 48.9 Å². The first-order chi connectivity index (χ1) is 16.3. The molecule has 0 fully saturated rings. The fourth-order valence-corrected chi connectivity index (χ4v) is 4.35. The third kappa shape index (κ3) is 4.21. The molecule has 0 saturated carbocycles. The van der Waals surface area contributed by atoms with Crippen molar-refractivity contribution in [2.75, 3.05) is 6.54 Å². The number of hydrogen-bond acceptors (Lipinski definition) is 5. The molecular weight excluding hydrogens is 410 g/mol. The Balaban J connectivity index is 1.46. The van der Waals surface area contributed by atoms with E-state index in [9.17, 15) is 4.79 Å². The number of carbonyl (C=O) groups is 1. The molecule has 0 unspecified atom stereocenters. The number of nitrogens with one attached hydrogen (secondary N) is 1. The lowest BCUT2D eigenvalue weighted by atomic mass is 10.1. The largest absolute Gasteiger partial charge is 0.352 e. The molecule has 33 heavy (non-hydrogen) atoms. The molecule has 0 radical (unpaired) electrons. The zero-order valence-corrected chi connectivity index (χ0v) is 18.8. The van der Waals surface area contributed by atoms with Crippen molar-refractivity contribution in [3.63, 3.8) is 0 Å². The number of carbonyl (C=O) groups excluding carboxylic acids is 1. The van der Waals surface area contributed by atoms with Crippen molar-refractivity contribution < 1.29 is 4.79 Å². The van der Waals surface area contributed by atoms with Crippen molar-refractivity contribution in [1.82, 2.24) is 25.3 Å². The first-order valence-electron chi connectivity index (χ1n) is 11.8. The molecule has 1 amide bonds. The highest BCUT2D eigenvalue weighted by Gasteiger charge is 2.14. The lowest BCUT2D eigenvalue weighted by Gasteiger charge is -2.10. The summed E-state index contributed by atoms with van der Waals surface area (Å²) in [5.74, 6) is -0.0680. The molecular formula is C27H27N5O. The second-order valence-corrected chi connectivity index (χ2v) is 8.45. The average Bonchev–Trinajstić information content (AvgIpc) is 2.87. The minimum Gasteiger partial charge on any atom is -0.352 e. The summed E-state index contributed by atoms with van der Waals surface area (Å²) in [6.45, 7) is 2.91. The van der Waals surface area contributed by atoms with Gasteiger partial charge in [-0.2, -0.15) is 0 Å². The van der Waals surface area contributed by atoms with Crippen molar-refractivity contribution in [1.29, 1.82) is 0 Å². The highest BCUT2D eigenvalue weighted by atomic mass is 16.1. The quantitative estimate of drug-likeness (QED) is 0.184. The van der Waals surface area contributed by atoms with E-state index >= 15 is 0 Å². The molecule has 6 nitrogen and oxygen atoms in total. The minimum atomic E-state index is -0.0680.